The van der Waals surface area contributed by atoms with Crippen LogP contribution in [0, 0.1) is 17.2 Å². The first kappa shape index (κ1) is 20.0. The number of rotatable bonds is 6. The second-order valence-electron chi connectivity index (χ2n) is 6.49. The van der Waals surface area contributed by atoms with Gasteiger partial charge in [0, 0.05) is 32.4 Å². The molecule has 0 aromatic carbocycles. The zero-order valence-corrected chi connectivity index (χ0v) is 15.2. The average molecular weight is 374 g/mol. The van der Waals surface area contributed by atoms with Crippen LogP contribution in [0.15, 0.2) is 34.6 Å². The van der Waals surface area contributed by atoms with Crippen molar-refractivity contribution in [2.75, 3.05) is 26.2 Å². The van der Waals surface area contributed by atoms with Gasteiger partial charge in [0.25, 0.3) is 11.8 Å². The zero-order chi connectivity index (χ0) is 20.0. The number of aliphatic carboxylic acids is 1. The first-order valence-corrected chi connectivity index (χ1v) is 8.56. The lowest BCUT2D eigenvalue weighted by molar-refractivity contribution is -0.142. The zero-order valence-electron chi connectivity index (χ0n) is 15.2. The monoisotopic (exact) mass is 374 g/mol. The molecule has 2 rings (SSSR count). The number of carboxylic acids is 1. The summed E-state index contributed by atoms with van der Waals surface area (Å²) in [6.07, 6.45) is 2.84. The van der Waals surface area contributed by atoms with E-state index in [2.05, 4.69) is 5.32 Å². The Kier molecular flexibility index (Phi) is 6.60. The van der Waals surface area contributed by atoms with Gasteiger partial charge in [-0.05, 0) is 18.1 Å². The highest BCUT2D eigenvalue weighted by Gasteiger charge is 2.26. The Morgan fingerprint density at radius 3 is 2.44 bits per heavy atom. The van der Waals surface area contributed by atoms with Crippen molar-refractivity contribution in [1.29, 1.82) is 5.26 Å². The number of carbonyl (C=O) groups is 3. The van der Waals surface area contributed by atoms with E-state index in [1.807, 2.05) is 6.07 Å². The SMILES string of the molecule is CC(C)C(NC(=O)/C(C#N)=C\N1CCN(C(=O)c2ccco2)CC1)C(=O)O. The summed E-state index contributed by atoms with van der Waals surface area (Å²) in [5.74, 6) is -2.14. The topological polar surface area (TPSA) is 127 Å². The third-order valence-electron chi connectivity index (χ3n) is 4.23. The fourth-order valence-electron chi connectivity index (χ4n) is 2.66. The average Bonchev–Trinajstić information content (AvgIpc) is 3.18. The fourth-order valence-corrected chi connectivity index (χ4v) is 2.66. The molecule has 2 amide bonds. The van der Waals surface area contributed by atoms with Crippen LogP contribution in [0.1, 0.15) is 24.4 Å². The molecule has 2 heterocycles. The van der Waals surface area contributed by atoms with Gasteiger partial charge in [-0.15, -0.1) is 0 Å². The van der Waals surface area contributed by atoms with Crippen molar-refractivity contribution in [3.8, 4) is 6.07 Å². The molecule has 1 saturated heterocycles. The van der Waals surface area contributed by atoms with E-state index in [0.717, 1.165) is 0 Å². The molecule has 1 aromatic heterocycles. The van der Waals surface area contributed by atoms with Gasteiger partial charge in [0.15, 0.2) is 5.76 Å². The van der Waals surface area contributed by atoms with Gasteiger partial charge >= 0.3 is 5.97 Å². The maximum atomic E-state index is 12.2. The fraction of sp³-hybridized carbons (Fsp3) is 0.444. The van der Waals surface area contributed by atoms with Crippen LogP contribution in [0.5, 0.6) is 0 Å². The molecule has 1 unspecified atom stereocenters. The molecule has 2 N–H and O–H groups in total. The number of hydrogen-bond donors (Lipinski definition) is 2. The molecule has 0 radical (unpaired) electrons. The van der Waals surface area contributed by atoms with Crippen LogP contribution in [0.2, 0.25) is 0 Å². The Morgan fingerprint density at radius 2 is 1.96 bits per heavy atom. The van der Waals surface area contributed by atoms with Gasteiger partial charge in [0.1, 0.15) is 17.7 Å². The summed E-state index contributed by atoms with van der Waals surface area (Å²) in [6, 6.07) is 3.98. The lowest BCUT2D eigenvalue weighted by atomic mass is 10.0. The summed E-state index contributed by atoms with van der Waals surface area (Å²) in [5, 5.41) is 20.8. The molecule has 0 bridgehead atoms. The minimum atomic E-state index is -1.15. The quantitative estimate of drug-likeness (QED) is 0.553. The van der Waals surface area contributed by atoms with Crippen molar-refractivity contribution in [2.45, 2.75) is 19.9 Å². The van der Waals surface area contributed by atoms with Gasteiger partial charge in [0.05, 0.1) is 6.26 Å². The van der Waals surface area contributed by atoms with Crippen molar-refractivity contribution >= 4 is 17.8 Å². The summed E-state index contributed by atoms with van der Waals surface area (Å²) in [4.78, 5) is 39.1. The largest absolute Gasteiger partial charge is 0.480 e. The van der Waals surface area contributed by atoms with Crippen LogP contribution in [0.3, 0.4) is 0 Å². The predicted molar refractivity (Wildman–Crippen MR) is 94.3 cm³/mol. The van der Waals surface area contributed by atoms with Crippen LogP contribution in [0.4, 0.5) is 0 Å². The summed E-state index contributed by atoms with van der Waals surface area (Å²) in [7, 11) is 0. The minimum absolute atomic E-state index is 0.173. The number of nitrogens with zero attached hydrogens (tertiary/aromatic N) is 3. The molecule has 1 atom stereocenters. The first-order chi connectivity index (χ1) is 12.8. The van der Waals surface area contributed by atoms with E-state index in [1.54, 1.807) is 35.8 Å². The van der Waals surface area contributed by atoms with Crippen LogP contribution < -0.4 is 5.32 Å². The first-order valence-electron chi connectivity index (χ1n) is 8.56. The molecule has 1 fully saturated rings. The molecular weight excluding hydrogens is 352 g/mol. The maximum absolute atomic E-state index is 12.2. The second-order valence-corrected chi connectivity index (χ2v) is 6.49. The van der Waals surface area contributed by atoms with E-state index in [1.165, 1.54) is 12.5 Å². The van der Waals surface area contributed by atoms with E-state index in [-0.39, 0.29) is 23.2 Å². The Hall–Kier alpha value is -3.28. The Balaban J connectivity index is 1.96. The molecule has 1 aliphatic rings. The summed E-state index contributed by atoms with van der Waals surface area (Å²) in [5.41, 5.74) is -0.173. The Morgan fingerprint density at radius 1 is 1.30 bits per heavy atom. The van der Waals surface area contributed by atoms with Gasteiger partial charge in [0.2, 0.25) is 0 Å². The summed E-state index contributed by atoms with van der Waals surface area (Å²) >= 11 is 0. The molecular formula is C18H22N4O5. The maximum Gasteiger partial charge on any atom is 0.326 e. The number of hydrogen-bond acceptors (Lipinski definition) is 6. The van der Waals surface area contributed by atoms with Crippen LogP contribution in [-0.4, -0.2) is 64.9 Å². The number of nitriles is 1. The molecule has 0 saturated carbocycles. The summed E-state index contributed by atoms with van der Waals surface area (Å²) in [6.45, 7) is 5.06. The second kappa shape index (κ2) is 8.89. The standard InChI is InChI=1S/C18H22N4O5/c1-12(2)15(18(25)26)20-16(23)13(10-19)11-21-5-7-22(8-6-21)17(24)14-4-3-9-27-14/h3-4,9,11-12,15H,5-8H2,1-2H3,(H,20,23)(H,25,26)/b13-11-. The van der Waals surface area contributed by atoms with Crippen molar-refractivity contribution in [3.05, 3.63) is 35.9 Å². The van der Waals surface area contributed by atoms with Gasteiger partial charge < -0.3 is 24.6 Å². The van der Waals surface area contributed by atoms with Crippen LogP contribution in [0.25, 0.3) is 0 Å². The highest BCUT2D eigenvalue weighted by Crippen LogP contribution is 2.11. The van der Waals surface area contributed by atoms with Gasteiger partial charge in [-0.1, -0.05) is 13.8 Å². The number of furan rings is 1. The number of piperazine rings is 1. The predicted octanol–water partition coefficient (Wildman–Crippen LogP) is 0.670. The van der Waals surface area contributed by atoms with Crippen molar-refractivity contribution in [3.63, 3.8) is 0 Å². The normalized spacial score (nSPS) is 16.0. The highest BCUT2D eigenvalue weighted by molar-refractivity contribution is 5.99. The lowest BCUT2D eigenvalue weighted by Crippen LogP contribution is -2.47. The van der Waals surface area contributed by atoms with E-state index in [9.17, 15) is 19.6 Å². The van der Waals surface area contributed by atoms with Crippen LogP contribution in [-0.2, 0) is 9.59 Å². The summed E-state index contributed by atoms with van der Waals surface area (Å²) < 4.78 is 5.10. The number of carbonyl (C=O) groups excluding carboxylic acids is 2. The molecule has 9 heteroatoms. The Labute approximate surface area is 156 Å². The molecule has 1 aliphatic heterocycles. The third kappa shape index (κ3) is 5.10. The minimum Gasteiger partial charge on any atom is -0.480 e. The molecule has 0 spiro atoms. The molecule has 1 aromatic rings. The van der Waals surface area contributed by atoms with E-state index >= 15 is 0 Å². The Bertz CT molecular complexity index is 755. The van der Waals surface area contributed by atoms with Crippen molar-refractivity contribution < 1.29 is 23.9 Å². The molecule has 9 nitrogen and oxygen atoms in total. The van der Waals surface area contributed by atoms with Crippen molar-refractivity contribution in [2.24, 2.45) is 5.92 Å². The number of amides is 2. The number of nitrogens with one attached hydrogen (secondary N) is 1. The third-order valence-corrected chi connectivity index (χ3v) is 4.23. The van der Waals surface area contributed by atoms with Gasteiger partial charge in [-0.25, -0.2) is 4.79 Å². The van der Waals surface area contributed by atoms with Gasteiger partial charge in [-0.2, -0.15) is 5.26 Å². The van der Waals surface area contributed by atoms with E-state index in [0.29, 0.717) is 26.2 Å². The van der Waals surface area contributed by atoms with E-state index < -0.39 is 17.9 Å². The smallest absolute Gasteiger partial charge is 0.326 e. The molecule has 0 aliphatic carbocycles. The van der Waals surface area contributed by atoms with Gasteiger partial charge in [-0.3, -0.25) is 9.59 Å². The number of carboxylic acid groups (broad SMARTS) is 1. The van der Waals surface area contributed by atoms with E-state index in [4.69, 9.17) is 9.52 Å². The lowest BCUT2D eigenvalue weighted by Gasteiger charge is -2.33. The molecule has 27 heavy (non-hydrogen) atoms. The highest BCUT2D eigenvalue weighted by atomic mass is 16.4. The van der Waals surface area contributed by atoms with Crippen molar-refractivity contribution in [1.82, 2.24) is 15.1 Å². The van der Waals surface area contributed by atoms with Crippen LogP contribution >= 0.6 is 0 Å². The molecule has 144 valence electrons.